The Balaban J connectivity index is 2.78. The lowest BCUT2D eigenvalue weighted by atomic mass is 10.2. The smallest absolute Gasteiger partial charge is 0.0645 e. The first-order chi connectivity index (χ1) is 9.34. The molecular weight excluding hydrogens is 170 g/mol. The quantitative estimate of drug-likeness (QED) is 0.508. The molecule has 0 aliphatic heterocycles. The predicted molar refractivity (Wildman–Crippen MR) is 60.4 cm³/mol. The minimum absolute atomic E-state index is 0.0694. The molecule has 1 nitrogen and oxygen atoms in total. The highest BCUT2D eigenvalue weighted by Gasteiger charge is 2.04. The largest absolute Gasteiger partial charge is 0.344 e. The third kappa shape index (κ3) is 0.841. The van der Waals surface area contributed by atoms with Crippen LogP contribution in [0, 0.1) is 0 Å². The van der Waals surface area contributed by atoms with Gasteiger partial charge in [-0.1, -0.05) is 36.3 Å². The number of hydrogen-bond donors (Lipinski definition) is 0. The normalized spacial score (nSPS) is 17.2. The topological polar surface area (TPSA) is 4.93 Å². The Morgan fingerprint density at radius 3 is 1.93 bits per heavy atom. The van der Waals surface area contributed by atoms with Gasteiger partial charge in [0.05, 0.1) is 8.22 Å². The molecule has 14 heavy (non-hydrogen) atoms. The van der Waals surface area contributed by atoms with Gasteiger partial charge in [-0.15, -0.1) is 0 Å². The summed E-state index contributed by atoms with van der Waals surface area (Å²) in [6.45, 7) is 0. The SMILES string of the molecule is [2H]c1cc([2H])c2c(c1[2H])c1c([2H])c([2H])cc([2H])c1n2C. The Labute approximate surface area is 91.0 Å². The number of benzene rings is 2. The molecule has 1 heteroatoms. The number of para-hydroxylation sites is 2. The summed E-state index contributed by atoms with van der Waals surface area (Å²) in [6, 6.07) is 2.44. The van der Waals surface area contributed by atoms with Gasteiger partial charge in [0.15, 0.2) is 0 Å². The van der Waals surface area contributed by atoms with Crippen LogP contribution in [0.15, 0.2) is 48.4 Å². The van der Waals surface area contributed by atoms with E-state index >= 15 is 0 Å². The van der Waals surface area contributed by atoms with Gasteiger partial charge in [0, 0.05) is 28.9 Å². The highest BCUT2D eigenvalue weighted by atomic mass is 14.9. The van der Waals surface area contributed by atoms with Crippen molar-refractivity contribution in [3.05, 3.63) is 48.4 Å². The van der Waals surface area contributed by atoms with Gasteiger partial charge in [-0.05, 0) is 12.1 Å². The molecule has 0 saturated heterocycles. The van der Waals surface area contributed by atoms with Crippen molar-refractivity contribution in [3.63, 3.8) is 0 Å². The molecule has 0 aliphatic rings. The summed E-state index contributed by atoms with van der Waals surface area (Å²) in [4.78, 5) is 0. The van der Waals surface area contributed by atoms with Crippen LogP contribution in [0.5, 0.6) is 0 Å². The molecule has 0 fully saturated rings. The average molecular weight is 187 g/mol. The molecule has 1 heterocycles. The zero-order valence-corrected chi connectivity index (χ0v) is 7.60. The van der Waals surface area contributed by atoms with Crippen LogP contribution in [-0.4, -0.2) is 4.57 Å². The second kappa shape index (κ2) is 2.61. The Morgan fingerprint density at radius 2 is 1.43 bits per heavy atom. The van der Waals surface area contributed by atoms with E-state index in [-0.39, 0.29) is 36.3 Å². The first kappa shape index (κ1) is 3.77. The van der Waals surface area contributed by atoms with E-state index in [9.17, 15) is 0 Å². The number of aryl methyl sites for hydroxylation is 1. The van der Waals surface area contributed by atoms with E-state index in [0.717, 1.165) is 0 Å². The van der Waals surface area contributed by atoms with Crippen LogP contribution in [0.25, 0.3) is 21.8 Å². The Hall–Kier alpha value is -1.76. The van der Waals surface area contributed by atoms with E-state index in [1.165, 1.54) is 12.1 Å². The number of fused-ring (bicyclic) bond motifs is 3. The maximum absolute atomic E-state index is 8.03. The number of hydrogen-bond acceptors (Lipinski definition) is 0. The molecule has 0 N–H and O–H groups in total. The van der Waals surface area contributed by atoms with Gasteiger partial charge >= 0.3 is 0 Å². The van der Waals surface area contributed by atoms with E-state index in [1.807, 2.05) is 0 Å². The van der Waals surface area contributed by atoms with Gasteiger partial charge in [-0.3, -0.25) is 0 Å². The van der Waals surface area contributed by atoms with Crippen LogP contribution >= 0.6 is 0 Å². The van der Waals surface area contributed by atoms with Gasteiger partial charge in [0.2, 0.25) is 0 Å². The lowest BCUT2D eigenvalue weighted by Crippen LogP contribution is -1.84. The van der Waals surface area contributed by atoms with E-state index < -0.39 is 0 Å². The van der Waals surface area contributed by atoms with Crippen molar-refractivity contribution in [1.29, 1.82) is 0 Å². The number of nitrogens with zero attached hydrogens (tertiary/aromatic N) is 1. The maximum Gasteiger partial charge on any atom is 0.0645 e. The minimum Gasteiger partial charge on any atom is -0.344 e. The van der Waals surface area contributed by atoms with Gasteiger partial charge in [0.25, 0.3) is 0 Å². The van der Waals surface area contributed by atoms with E-state index in [1.54, 1.807) is 11.6 Å². The third-order valence-corrected chi connectivity index (χ3v) is 2.35. The van der Waals surface area contributed by atoms with Crippen LogP contribution in [0.3, 0.4) is 0 Å². The van der Waals surface area contributed by atoms with Crippen molar-refractivity contribution >= 4 is 21.8 Å². The van der Waals surface area contributed by atoms with Crippen LogP contribution in [0.1, 0.15) is 8.22 Å². The summed E-state index contributed by atoms with van der Waals surface area (Å²) in [5.74, 6) is 0. The van der Waals surface area contributed by atoms with Crippen molar-refractivity contribution in [2.45, 2.75) is 0 Å². The minimum atomic E-state index is -0.0867. The molecule has 68 valence electrons. The molecule has 3 aromatic rings. The third-order valence-electron chi connectivity index (χ3n) is 2.35. The fourth-order valence-corrected chi connectivity index (χ4v) is 1.69. The second-order valence-electron chi connectivity index (χ2n) is 3.12. The van der Waals surface area contributed by atoms with Gasteiger partial charge in [-0.2, -0.15) is 0 Å². The molecule has 0 radical (unpaired) electrons. The lowest BCUT2D eigenvalue weighted by Gasteiger charge is -1.95. The first-order valence-electron chi connectivity index (χ1n) is 7.30. The molecule has 3 rings (SSSR count). The van der Waals surface area contributed by atoms with Crippen molar-refractivity contribution in [3.8, 4) is 0 Å². The molecular formula is C13H11N. The van der Waals surface area contributed by atoms with Crippen molar-refractivity contribution in [2.24, 2.45) is 7.05 Å². The molecule has 0 bridgehead atoms. The fourth-order valence-electron chi connectivity index (χ4n) is 1.69. The lowest BCUT2D eigenvalue weighted by molar-refractivity contribution is 1.01. The molecule has 1 aromatic heterocycles. The van der Waals surface area contributed by atoms with Gasteiger partial charge in [-0.25, -0.2) is 0 Å². The Bertz CT molecular complexity index is 809. The monoisotopic (exact) mass is 187 g/mol. The first-order valence-corrected chi connectivity index (χ1v) is 4.30. The molecule has 2 aromatic carbocycles. The molecule has 0 saturated carbocycles. The van der Waals surface area contributed by atoms with Crippen LogP contribution in [0.4, 0.5) is 0 Å². The molecule has 0 spiro atoms. The Kier molecular flexibility index (Phi) is 0.704. The van der Waals surface area contributed by atoms with Crippen LogP contribution in [-0.2, 0) is 7.05 Å². The van der Waals surface area contributed by atoms with Crippen molar-refractivity contribution in [2.75, 3.05) is 0 Å². The molecule has 0 aliphatic carbocycles. The fraction of sp³-hybridized carbons (Fsp3) is 0.0769. The number of rotatable bonds is 0. The summed E-state index contributed by atoms with van der Waals surface area (Å²) in [5, 5.41) is 0.625. The predicted octanol–water partition coefficient (Wildman–Crippen LogP) is 3.33. The van der Waals surface area contributed by atoms with E-state index in [2.05, 4.69) is 0 Å². The zero-order chi connectivity index (χ0) is 14.8. The van der Waals surface area contributed by atoms with Crippen molar-refractivity contribution < 1.29 is 8.22 Å². The second-order valence-corrected chi connectivity index (χ2v) is 3.12. The molecule has 0 atom stereocenters. The highest BCUT2D eigenvalue weighted by molar-refractivity contribution is 6.07. The zero-order valence-electron chi connectivity index (χ0n) is 13.6. The van der Waals surface area contributed by atoms with Gasteiger partial charge in [0.1, 0.15) is 0 Å². The van der Waals surface area contributed by atoms with E-state index in [4.69, 9.17) is 8.22 Å². The highest BCUT2D eigenvalue weighted by Crippen LogP contribution is 2.26. The number of aromatic nitrogens is 1. The summed E-state index contributed by atoms with van der Waals surface area (Å²) in [7, 11) is 1.67. The average Bonchev–Trinajstić information content (AvgIpc) is 2.68. The maximum atomic E-state index is 8.03. The van der Waals surface area contributed by atoms with Crippen molar-refractivity contribution in [1.82, 2.24) is 4.57 Å². The molecule has 0 unspecified atom stereocenters. The van der Waals surface area contributed by atoms with Crippen LogP contribution in [0.2, 0.25) is 0 Å². The van der Waals surface area contributed by atoms with Crippen LogP contribution < -0.4 is 0 Å². The van der Waals surface area contributed by atoms with Gasteiger partial charge < -0.3 is 4.57 Å². The summed E-state index contributed by atoms with van der Waals surface area (Å²) in [5.41, 5.74) is 0.849. The summed E-state index contributed by atoms with van der Waals surface area (Å²) in [6.07, 6.45) is 0. The van der Waals surface area contributed by atoms with E-state index in [0.29, 0.717) is 21.8 Å². The molecule has 0 amide bonds. The summed E-state index contributed by atoms with van der Waals surface area (Å²) < 4.78 is 49.1. The standard InChI is InChI=1S/C13H11N/c1-14-12-8-4-2-6-10(12)11-7-3-5-9-13(11)14/h2-9H,1H3/i2D,3D,6D,7D,8D,9D. The summed E-state index contributed by atoms with van der Waals surface area (Å²) >= 11 is 0. The Morgan fingerprint density at radius 1 is 0.929 bits per heavy atom.